The number of nitrogens with zero attached hydrogens (tertiary/aromatic N) is 1. The van der Waals surface area contributed by atoms with Crippen LogP contribution in [0.1, 0.15) is 12.8 Å². The van der Waals surface area contributed by atoms with Crippen LogP contribution in [0.2, 0.25) is 0 Å². The van der Waals surface area contributed by atoms with Crippen molar-refractivity contribution in [2.45, 2.75) is 24.9 Å². The zero-order chi connectivity index (χ0) is 8.65. The van der Waals surface area contributed by atoms with E-state index in [1.54, 1.807) is 0 Å². The van der Waals surface area contributed by atoms with E-state index >= 15 is 0 Å². The zero-order valence-electron chi connectivity index (χ0n) is 6.40. The van der Waals surface area contributed by atoms with Crippen molar-refractivity contribution in [2.75, 3.05) is 7.05 Å². The van der Waals surface area contributed by atoms with E-state index < -0.39 is 10.2 Å². The Morgan fingerprint density at radius 1 is 1.45 bits per heavy atom. The summed E-state index contributed by atoms with van der Waals surface area (Å²) in [4.78, 5) is 0. The number of hydrogen-bond donors (Lipinski definition) is 2. The minimum Gasteiger partial charge on any atom is -0.328 e. The SMILES string of the molecule is CN(C1CC(N)C1)S(N)(=O)=O. The van der Waals surface area contributed by atoms with E-state index in [1.165, 1.54) is 11.4 Å². The van der Waals surface area contributed by atoms with Crippen molar-refractivity contribution < 1.29 is 8.42 Å². The van der Waals surface area contributed by atoms with Gasteiger partial charge in [-0.05, 0) is 12.8 Å². The monoisotopic (exact) mass is 179 g/mol. The summed E-state index contributed by atoms with van der Waals surface area (Å²) in [5.74, 6) is 0. The fourth-order valence-corrected chi connectivity index (χ4v) is 1.72. The second-order valence-electron chi connectivity index (χ2n) is 2.95. The fraction of sp³-hybridized carbons (Fsp3) is 1.00. The van der Waals surface area contributed by atoms with Gasteiger partial charge in [-0.1, -0.05) is 0 Å². The van der Waals surface area contributed by atoms with Crippen LogP contribution in [0.25, 0.3) is 0 Å². The molecule has 0 saturated heterocycles. The topological polar surface area (TPSA) is 89.4 Å². The summed E-state index contributed by atoms with van der Waals surface area (Å²) in [5, 5.41) is 4.89. The number of hydrogen-bond acceptors (Lipinski definition) is 3. The van der Waals surface area contributed by atoms with Crippen molar-refractivity contribution in [3.8, 4) is 0 Å². The Hall–Kier alpha value is -0.170. The highest BCUT2D eigenvalue weighted by molar-refractivity contribution is 7.86. The molecule has 0 amide bonds. The molecular formula is C5H13N3O2S. The van der Waals surface area contributed by atoms with Crippen LogP contribution >= 0.6 is 0 Å². The summed E-state index contributed by atoms with van der Waals surface area (Å²) in [6.45, 7) is 0. The minimum absolute atomic E-state index is 0.0139. The van der Waals surface area contributed by atoms with Crippen molar-refractivity contribution in [1.82, 2.24) is 4.31 Å². The molecule has 1 fully saturated rings. The van der Waals surface area contributed by atoms with Crippen LogP contribution in [0.15, 0.2) is 0 Å². The Bertz CT molecular complexity index is 232. The molecular weight excluding hydrogens is 166 g/mol. The van der Waals surface area contributed by atoms with E-state index in [9.17, 15) is 8.42 Å². The molecule has 5 nitrogen and oxygen atoms in total. The quantitative estimate of drug-likeness (QED) is 0.547. The molecule has 0 unspecified atom stereocenters. The molecule has 1 rings (SSSR count). The summed E-state index contributed by atoms with van der Waals surface area (Å²) >= 11 is 0. The molecule has 6 heteroatoms. The molecule has 0 heterocycles. The van der Waals surface area contributed by atoms with Gasteiger partial charge in [0, 0.05) is 19.1 Å². The average molecular weight is 179 g/mol. The predicted molar refractivity (Wildman–Crippen MR) is 41.9 cm³/mol. The lowest BCUT2D eigenvalue weighted by molar-refractivity contribution is 0.217. The van der Waals surface area contributed by atoms with Crippen molar-refractivity contribution >= 4 is 10.2 Å². The van der Waals surface area contributed by atoms with Gasteiger partial charge in [0.1, 0.15) is 0 Å². The maximum atomic E-state index is 10.7. The Kier molecular flexibility index (Phi) is 2.19. The van der Waals surface area contributed by atoms with E-state index in [0.29, 0.717) is 12.8 Å². The summed E-state index contributed by atoms with van der Waals surface area (Å²) in [6, 6.07) is 0.157. The van der Waals surface area contributed by atoms with Gasteiger partial charge in [-0.3, -0.25) is 0 Å². The highest BCUT2D eigenvalue weighted by atomic mass is 32.2. The average Bonchev–Trinajstić information content (AvgIpc) is 1.77. The van der Waals surface area contributed by atoms with Crippen LogP contribution in [-0.4, -0.2) is 31.9 Å². The molecule has 11 heavy (non-hydrogen) atoms. The normalized spacial score (nSPS) is 32.0. The zero-order valence-corrected chi connectivity index (χ0v) is 7.21. The lowest BCUT2D eigenvalue weighted by Gasteiger charge is -2.37. The first kappa shape index (κ1) is 8.92. The molecule has 66 valence electrons. The Labute approximate surface area is 66.5 Å². The first-order chi connectivity index (χ1) is 4.91. The van der Waals surface area contributed by atoms with Crippen LogP contribution < -0.4 is 10.9 Å². The van der Waals surface area contributed by atoms with Crippen molar-refractivity contribution in [3.63, 3.8) is 0 Å². The van der Waals surface area contributed by atoms with Gasteiger partial charge in [-0.15, -0.1) is 0 Å². The predicted octanol–water partition coefficient (Wildman–Crippen LogP) is -1.39. The van der Waals surface area contributed by atoms with Gasteiger partial charge in [-0.2, -0.15) is 12.7 Å². The Morgan fingerprint density at radius 3 is 2.18 bits per heavy atom. The van der Waals surface area contributed by atoms with E-state index in [4.69, 9.17) is 10.9 Å². The van der Waals surface area contributed by atoms with Crippen molar-refractivity contribution in [1.29, 1.82) is 0 Å². The summed E-state index contributed by atoms with van der Waals surface area (Å²) in [6.07, 6.45) is 1.43. The molecule has 0 atom stereocenters. The Morgan fingerprint density at radius 2 is 1.91 bits per heavy atom. The van der Waals surface area contributed by atoms with Gasteiger partial charge in [0.25, 0.3) is 10.2 Å². The van der Waals surface area contributed by atoms with Crippen LogP contribution in [0.3, 0.4) is 0 Å². The molecule has 1 aliphatic rings. The van der Waals surface area contributed by atoms with Crippen LogP contribution in [-0.2, 0) is 10.2 Å². The van der Waals surface area contributed by atoms with Gasteiger partial charge in [-0.25, -0.2) is 5.14 Å². The highest BCUT2D eigenvalue weighted by Crippen LogP contribution is 2.23. The molecule has 0 aromatic carbocycles. The second kappa shape index (κ2) is 2.71. The first-order valence-corrected chi connectivity index (χ1v) is 4.93. The number of rotatable bonds is 2. The molecule has 0 spiro atoms. The van der Waals surface area contributed by atoms with E-state index in [0.717, 1.165) is 0 Å². The third-order valence-electron chi connectivity index (χ3n) is 2.07. The molecule has 0 radical (unpaired) electrons. The van der Waals surface area contributed by atoms with Crippen LogP contribution in [0, 0.1) is 0 Å². The van der Waals surface area contributed by atoms with Crippen LogP contribution in [0.5, 0.6) is 0 Å². The third-order valence-corrected chi connectivity index (χ3v) is 3.17. The lowest BCUT2D eigenvalue weighted by atomic mass is 9.88. The fourth-order valence-electron chi connectivity index (χ4n) is 1.13. The van der Waals surface area contributed by atoms with Gasteiger partial charge in [0.15, 0.2) is 0 Å². The maximum Gasteiger partial charge on any atom is 0.276 e. The molecule has 0 aliphatic heterocycles. The molecule has 4 N–H and O–H groups in total. The summed E-state index contributed by atoms with van der Waals surface area (Å²) in [7, 11) is -2.03. The largest absolute Gasteiger partial charge is 0.328 e. The summed E-state index contributed by atoms with van der Waals surface area (Å²) < 4.78 is 22.6. The maximum absolute atomic E-state index is 10.7. The van der Waals surface area contributed by atoms with Crippen LogP contribution in [0.4, 0.5) is 0 Å². The third kappa shape index (κ3) is 1.90. The standard InChI is InChI=1S/C5H13N3O2S/c1-8(11(7,9)10)5-2-4(6)3-5/h4-5H,2-3,6H2,1H3,(H2,7,9,10). The first-order valence-electron chi connectivity index (χ1n) is 3.42. The minimum atomic E-state index is -3.51. The molecule has 0 bridgehead atoms. The van der Waals surface area contributed by atoms with E-state index in [2.05, 4.69) is 0 Å². The lowest BCUT2D eigenvalue weighted by Crippen LogP contribution is -2.52. The van der Waals surface area contributed by atoms with E-state index in [1.807, 2.05) is 0 Å². The van der Waals surface area contributed by atoms with E-state index in [-0.39, 0.29) is 12.1 Å². The highest BCUT2D eigenvalue weighted by Gasteiger charge is 2.33. The molecule has 0 aromatic rings. The second-order valence-corrected chi connectivity index (χ2v) is 4.55. The molecule has 1 saturated carbocycles. The van der Waals surface area contributed by atoms with Crippen molar-refractivity contribution in [2.24, 2.45) is 10.9 Å². The van der Waals surface area contributed by atoms with Gasteiger partial charge >= 0.3 is 0 Å². The smallest absolute Gasteiger partial charge is 0.276 e. The summed E-state index contributed by atoms with van der Waals surface area (Å²) in [5.41, 5.74) is 5.49. The van der Waals surface area contributed by atoms with Gasteiger partial charge < -0.3 is 5.73 Å². The van der Waals surface area contributed by atoms with Gasteiger partial charge in [0.05, 0.1) is 0 Å². The molecule has 0 aromatic heterocycles. The molecule has 1 aliphatic carbocycles. The Balaban J connectivity index is 2.51. The van der Waals surface area contributed by atoms with Gasteiger partial charge in [0.2, 0.25) is 0 Å². The van der Waals surface area contributed by atoms with Crippen molar-refractivity contribution in [3.05, 3.63) is 0 Å². The number of nitrogens with two attached hydrogens (primary N) is 2.